The first-order valence-electron chi connectivity index (χ1n) is 11.9. The van der Waals surface area contributed by atoms with Crippen molar-refractivity contribution in [2.75, 3.05) is 16.2 Å². The summed E-state index contributed by atoms with van der Waals surface area (Å²) in [7, 11) is -3.91. The van der Waals surface area contributed by atoms with Crippen molar-refractivity contribution in [2.45, 2.75) is 24.5 Å². The monoisotopic (exact) mass is 554 g/mol. The zero-order valence-corrected chi connectivity index (χ0v) is 21.7. The summed E-state index contributed by atoms with van der Waals surface area (Å²) in [6.45, 7) is 1.51. The number of rotatable bonds is 9. The van der Waals surface area contributed by atoms with Crippen molar-refractivity contribution in [1.82, 2.24) is 0 Å². The molecule has 0 aliphatic carbocycles. The van der Waals surface area contributed by atoms with Gasteiger partial charge in [0.25, 0.3) is 15.9 Å². The summed E-state index contributed by atoms with van der Waals surface area (Å²) in [6.07, 6.45) is -4.53. The summed E-state index contributed by atoms with van der Waals surface area (Å²) in [5.74, 6) is -0.364. The molecule has 0 heterocycles. The minimum absolute atomic E-state index is 0.00774. The maximum Gasteiger partial charge on any atom is 0.416 e. The molecule has 39 heavy (non-hydrogen) atoms. The average Bonchev–Trinajstić information content (AvgIpc) is 2.91. The molecule has 0 aliphatic heterocycles. The lowest BCUT2D eigenvalue weighted by molar-refractivity contribution is -0.137. The fourth-order valence-corrected chi connectivity index (χ4v) is 5.18. The van der Waals surface area contributed by atoms with E-state index >= 15 is 0 Å². The summed E-state index contributed by atoms with van der Waals surface area (Å²) in [4.78, 5) is 12.4. The van der Waals surface area contributed by atoms with Crippen molar-refractivity contribution >= 4 is 27.3 Å². The van der Waals surface area contributed by atoms with Crippen LogP contribution < -0.4 is 14.4 Å². The Morgan fingerprint density at radius 1 is 0.872 bits per heavy atom. The summed E-state index contributed by atoms with van der Waals surface area (Å²) in [5.41, 5.74) is 1.23. The molecule has 4 rings (SSSR count). The summed E-state index contributed by atoms with van der Waals surface area (Å²) in [5, 5.41) is 2.37. The molecule has 6 nitrogen and oxygen atoms in total. The lowest BCUT2D eigenvalue weighted by atomic mass is 10.2. The van der Waals surface area contributed by atoms with Crippen LogP contribution in [-0.2, 0) is 27.5 Å². The standard InChI is InChI=1S/C29H25F3N2O4S/c1-21-10-16-27(17-11-21)39(36,37)34(19-22-6-3-2-4-7-22)25-12-14-26(15-13-25)38-20-28(35)33-24-9-5-8-23(18-24)29(30,31)32/h2-18H,19-20H2,1H3,(H,33,35). The van der Waals surface area contributed by atoms with Gasteiger partial charge in [0.1, 0.15) is 5.75 Å². The van der Waals surface area contributed by atoms with Gasteiger partial charge in [0.2, 0.25) is 0 Å². The number of benzene rings is 4. The highest BCUT2D eigenvalue weighted by Crippen LogP contribution is 2.31. The minimum Gasteiger partial charge on any atom is -0.484 e. The molecule has 0 aromatic heterocycles. The van der Waals surface area contributed by atoms with E-state index in [2.05, 4.69) is 5.32 Å². The number of carbonyl (C=O) groups is 1. The van der Waals surface area contributed by atoms with Crippen molar-refractivity contribution in [3.05, 3.63) is 120 Å². The summed E-state index contributed by atoms with van der Waals surface area (Å²) < 4.78 is 72.6. The molecule has 0 saturated carbocycles. The number of alkyl halides is 3. The molecule has 0 unspecified atom stereocenters. The van der Waals surface area contributed by atoms with Crippen molar-refractivity contribution in [3.8, 4) is 5.75 Å². The lowest BCUT2D eigenvalue weighted by Crippen LogP contribution is -2.30. The van der Waals surface area contributed by atoms with E-state index in [-0.39, 0.29) is 22.9 Å². The van der Waals surface area contributed by atoms with E-state index in [0.717, 1.165) is 23.3 Å². The van der Waals surface area contributed by atoms with Gasteiger partial charge in [-0.2, -0.15) is 13.2 Å². The number of anilines is 2. The molecule has 1 N–H and O–H groups in total. The van der Waals surface area contributed by atoms with Crippen LogP contribution in [0.4, 0.5) is 24.5 Å². The molecule has 202 valence electrons. The molecule has 0 radical (unpaired) electrons. The molecule has 0 spiro atoms. The van der Waals surface area contributed by atoms with E-state index in [1.807, 2.05) is 37.3 Å². The van der Waals surface area contributed by atoms with E-state index in [4.69, 9.17) is 4.74 Å². The molecular weight excluding hydrogens is 529 g/mol. The van der Waals surface area contributed by atoms with Gasteiger partial charge in [-0.1, -0.05) is 54.1 Å². The number of halogens is 3. The molecule has 4 aromatic carbocycles. The molecular formula is C29H25F3N2O4S. The number of amides is 1. The molecule has 0 aliphatic rings. The second-order valence-corrected chi connectivity index (χ2v) is 10.6. The third kappa shape index (κ3) is 7.17. The van der Waals surface area contributed by atoms with Gasteiger partial charge in [-0.3, -0.25) is 9.10 Å². The first kappa shape index (κ1) is 27.7. The van der Waals surface area contributed by atoms with Crippen LogP contribution in [-0.4, -0.2) is 20.9 Å². The normalized spacial score (nSPS) is 11.6. The van der Waals surface area contributed by atoms with E-state index in [1.54, 1.807) is 36.4 Å². The molecule has 0 bridgehead atoms. The first-order valence-corrected chi connectivity index (χ1v) is 13.3. The highest BCUT2D eigenvalue weighted by atomic mass is 32.2. The lowest BCUT2D eigenvalue weighted by Gasteiger charge is -2.25. The SMILES string of the molecule is Cc1ccc(S(=O)(=O)N(Cc2ccccc2)c2ccc(OCC(=O)Nc3cccc(C(F)(F)F)c3)cc2)cc1. The zero-order valence-electron chi connectivity index (χ0n) is 20.9. The number of nitrogens with zero attached hydrogens (tertiary/aromatic N) is 1. The summed E-state index contributed by atoms with van der Waals surface area (Å²) >= 11 is 0. The number of hydrogen-bond acceptors (Lipinski definition) is 4. The van der Waals surface area contributed by atoms with Gasteiger partial charge in [0.05, 0.1) is 22.7 Å². The van der Waals surface area contributed by atoms with Gasteiger partial charge in [-0.05, 0) is 67.1 Å². The quantitative estimate of drug-likeness (QED) is 0.259. The number of nitrogens with one attached hydrogen (secondary N) is 1. The topological polar surface area (TPSA) is 75.7 Å². The third-order valence-electron chi connectivity index (χ3n) is 5.75. The maximum absolute atomic E-state index is 13.6. The Kier molecular flexibility index (Phi) is 8.25. The molecule has 0 saturated heterocycles. The smallest absolute Gasteiger partial charge is 0.416 e. The molecule has 1 amide bonds. The highest BCUT2D eigenvalue weighted by molar-refractivity contribution is 7.92. The van der Waals surface area contributed by atoms with Crippen molar-refractivity contribution in [2.24, 2.45) is 0 Å². The first-order chi connectivity index (χ1) is 18.5. The third-order valence-corrected chi connectivity index (χ3v) is 7.53. The molecule has 0 fully saturated rings. The van der Waals surface area contributed by atoms with Gasteiger partial charge < -0.3 is 10.1 Å². The largest absolute Gasteiger partial charge is 0.484 e. The van der Waals surface area contributed by atoms with E-state index in [9.17, 15) is 26.4 Å². The molecule has 4 aromatic rings. The Morgan fingerprint density at radius 3 is 2.18 bits per heavy atom. The van der Waals surface area contributed by atoms with Gasteiger partial charge in [0.15, 0.2) is 6.61 Å². The maximum atomic E-state index is 13.6. The number of hydrogen-bond donors (Lipinski definition) is 1. The van der Waals surface area contributed by atoms with Crippen molar-refractivity contribution in [1.29, 1.82) is 0 Å². The van der Waals surface area contributed by atoms with Crippen LogP contribution in [0.25, 0.3) is 0 Å². The van der Waals surface area contributed by atoms with Gasteiger partial charge >= 0.3 is 6.18 Å². The van der Waals surface area contributed by atoms with Crippen LogP contribution in [0, 0.1) is 6.92 Å². The minimum atomic E-state index is -4.53. The highest BCUT2D eigenvalue weighted by Gasteiger charge is 2.30. The predicted octanol–water partition coefficient (Wildman–Crippen LogP) is 6.43. The van der Waals surface area contributed by atoms with E-state index in [1.165, 1.54) is 28.6 Å². The van der Waals surface area contributed by atoms with Crippen LogP contribution in [0.5, 0.6) is 5.75 Å². The number of ether oxygens (including phenoxy) is 1. The van der Waals surface area contributed by atoms with Crippen LogP contribution >= 0.6 is 0 Å². The van der Waals surface area contributed by atoms with Crippen LogP contribution in [0.2, 0.25) is 0 Å². The average molecular weight is 555 g/mol. The zero-order chi connectivity index (χ0) is 28.0. The van der Waals surface area contributed by atoms with Crippen LogP contribution in [0.3, 0.4) is 0 Å². The summed E-state index contributed by atoms with van der Waals surface area (Å²) in [6, 6.07) is 26.2. The Labute approximate surface area is 224 Å². The van der Waals surface area contributed by atoms with Gasteiger partial charge in [-0.25, -0.2) is 8.42 Å². The second kappa shape index (κ2) is 11.6. The molecule has 0 atom stereocenters. The van der Waals surface area contributed by atoms with E-state index in [0.29, 0.717) is 5.69 Å². The Bertz CT molecular complexity index is 1520. The van der Waals surface area contributed by atoms with Gasteiger partial charge in [-0.15, -0.1) is 0 Å². The van der Waals surface area contributed by atoms with Crippen LogP contribution in [0.15, 0.2) is 108 Å². The molecule has 10 heteroatoms. The fraction of sp³-hybridized carbons (Fsp3) is 0.138. The Balaban J connectivity index is 1.48. The predicted molar refractivity (Wildman–Crippen MR) is 143 cm³/mol. The van der Waals surface area contributed by atoms with Crippen LogP contribution in [0.1, 0.15) is 16.7 Å². The van der Waals surface area contributed by atoms with E-state index < -0.39 is 34.3 Å². The number of aryl methyl sites for hydroxylation is 1. The second-order valence-electron chi connectivity index (χ2n) is 8.72. The fourth-order valence-electron chi connectivity index (χ4n) is 3.73. The van der Waals surface area contributed by atoms with Gasteiger partial charge in [0, 0.05) is 5.69 Å². The Morgan fingerprint density at radius 2 is 1.54 bits per heavy atom. The number of sulfonamides is 1. The number of carbonyl (C=O) groups excluding carboxylic acids is 1. The Hall–Kier alpha value is -4.31. The van der Waals surface area contributed by atoms with Crippen molar-refractivity contribution in [3.63, 3.8) is 0 Å². The van der Waals surface area contributed by atoms with Crippen molar-refractivity contribution < 1.29 is 31.1 Å².